The molecule has 0 radical (unpaired) electrons. The van der Waals surface area contributed by atoms with Crippen molar-refractivity contribution in [1.29, 1.82) is 0 Å². The minimum atomic E-state index is -0.876. The van der Waals surface area contributed by atoms with Crippen molar-refractivity contribution < 1.29 is 19.1 Å². The van der Waals surface area contributed by atoms with Gasteiger partial charge in [0.1, 0.15) is 17.5 Å². The number of para-hydroxylation sites is 1. The second-order valence-electron chi connectivity index (χ2n) is 8.32. The fourth-order valence-corrected chi connectivity index (χ4v) is 4.00. The van der Waals surface area contributed by atoms with Crippen molar-refractivity contribution in [1.82, 2.24) is 5.32 Å². The molecule has 0 heterocycles. The molecule has 0 aliphatic rings. The van der Waals surface area contributed by atoms with Crippen molar-refractivity contribution in [2.45, 2.75) is 19.1 Å². The number of anilines is 1. The molecule has 2 N–H and O–H groups in total. The number of benzene rings is 4. The molecule has 0 spiro atoms. The number of hydrogen-bond donors (Lipinski definition) is 2. The van der Waals surface area contributed by atoms with Crippen molar-refractivity contribution in [3.8, 4) is 11.5 Å². The standard InChI is InChI=1S/C30H27BrN2O4/c31-27-14-8-7-11-23(27)19-29(34)33-28(21-36-20-22-9-3-1-4-10-22)30(35)32-24-15-17-26(18-16-24)37-25-12-5-2-6-13-25/h1-18,28H,19-21H2,(H,32,35)(H,33,34). The summed E-state index contributed by atoms with van der Waals surface area (Å²) in [5.74, 6) is 0.726. The number of rotatable bonds is 11. The van der Waals surface area contributed by atoms with E-state index in [0.717, 1.165) is 21.3 Å². The van der Waals surface area contributed by atoms with Crippen LogP contribution in [-0.2, 0) is 27.4 Å². The van der Waals surface area contributed by atoms with E-state index in [0.29, 0.717) is 18.0 Å². The van der Waals surface area contributed by atoms with E-state index in [4.69, 9.17) is 9.47 Å². The largest absolute Gasteiger partial charge is 0.457 e. The first-order valence-electron chi connectivity index (χ1n) is 11.8. The molecule has 4 aromatic carbocycles. The Balaban J connectivity index is 1.39. The third-order valence-corrected chi connectivity index (χ3v) is 6.23. The lowest BCUT2D eigenvalue weighted by atomic mass is 10.1. The van der Waals surface area contributed by atoms with Crippen LogP contribution in [0.3, 0.4) is 0 Å². The summed E-state index contributed by atoms with van der Waals surface area (Å²) in [5, 5.41) is 5.69. The first-order valence-corrected chi connectivity index (χ1v) is 12.6. The van der Waals surface area contributed by atoms with Crippen LogP contribution in [0.25, 0.3) is 0 Å². The average Bonchev–Trinajstić information content (AvgIpc) is 2.92. The Labute approximate surface area is 224 Å². The maximum Gasteiger partial charge on any atom is 0.249 e. The van der Waals surface area contributed by atoms with E-state index in [-0.39, 0.29) is 24.8 Å². The van der Waals surface area contributed by atoms with Gasteiger partial charge in [0.2, 0.25) is 11.8 Å². The summed E-state index contributed by atoms with van der Waals surface area (Å²) in [5.41, 5.74) is 2.40. The lowest BCUT2D eigenvalue weighted by Crippen LogP contribution is -2.47. The van der Waals surface area contributed by atoms with Crippen LogP contribution < -0.4 is 15.4 Å². The van der Waals surface area contributed by atoms with Crippen LogP contribution >= 0.6 is 15.9 Å². The summed E-state index contributed by atoms with van der Waals surface area (Å²) in [6.07, 6.45) is 0.134. The highest BCUT2D eigenvalue weighted by atomic mass is 79.9. The van der Waals surface area contributed by atoms with Gasteiger partial charge in [0.05, 0.1) is 19.6 Å². The third kappa shape index (κ3) is 8.31. The van der Waals surface area contributed by atoms with Gasteiger partial charge in [-0.3, -0.25) is 9.59 Å². The SMILES string of the molecule is O=C(Cc1ccccc1Br)NC(COCc1ccccc1)C(=O)Nc1ccc(Oc2ccccc2)cc1. The number of hydrogen-bond acceptors (Lipinski definition) is 4. The maximum absolute atomic E-state index is 13.1. The minimum Gasteiger partial charge on any atom is -0.457 e. The first-order chi connectivity index (χ1) is 18.1. The summed E-state index contributed by atoms with van der Waals surface area (Å²) < 4.78 is 12.4. The second-order valence-corrected chi connectivity index (χ2v) is 9.17. The first kappa shape index (κ1) is 26.1. The highest BCUT2D eigenvalue weighted by molar-refractivity contribution is 9.10. The van der Waals surface area contributed by atoms with E-state index in [2.05, 4.69) is 26.6 Å². The van der Waals surface area contributed by atoms with Crippen molar-refractivity contribution in [2.75, 3.05) is 11.9 Å². The van der Waals surface area contributed by atoms with Gasteiger partial charge in [0.25, 0.3) is 0 Å². The fraction of sp³-hybridized carbons (Fsp3) is 0.133. The smallest absolute Gasteiger partial charge is 0.249 e. The zero-order valence-corrected chi connectivity index (χ0v) is 21.7. The summed E-state index contributed by atoms with van der Waals surface area (Å²) in [6.45, 7) is 0.355. The molecule has 37 heavy (non-hydrogen) atoms. The maximum atomic E-state index is 13.1. The Hall–Kier alpha value is -3.94. The molecule has 0 saturated heterocycles. The number of amides is 2. The molecule has 0 aromatic heterocycles. The number of ether oxygens (including phenoxy) is 2. The summed E-state index contributed by atoms with van der Waals surface area (Å²) >= 11 is 3.46. The molecular weight excluding hydrogens is 532 g/mol. The molecule has 7 heteroatoms. The van der Waals surface area contributed by atoms with Crippen LogP contribution in [0.5, 0.6) is 11.5 Å². The van der Waals surface area contributed by atoms with Gasteiger partial charge in [-0.05, 0) is 53.6 Å². The number of carbonyl (C=O) groups is 2. The van der Waals surface area contributed by atoms with E-state index < -0.39 is 6.04 Å². The van der Waals surface area contributed by atoms with Gasteiger partial charge in [-0.1, -0.05) is 82.7 Å². The summed E-state index contributed by atoms with van der Waals surface area (Å²) in [4.78, 5) is 25.9. The van der Waals surface area contributed by atoms with Crippen molar-refractivity contribution in [2.24, 2.45) is 0 Å². The molecule has 4 rings (SSSR count). The van der Waals surface area contributed by atoms with E-state index in [1.54, 1.807) is 24.3 Å². The predicted molar refractivity (Wildman–Crippen MR) is 147 cm³/mol. The van der Waals surface area contributed by atoms with Gasteiger partial charge in [0.15, 0.2) is 0 Å². The topological polar surface area (TPSA) is 76.7 Å². The van der Waals surface area contributed by atoms with Crippen LogP contribution in [0.4, 0.5) is 5.69 Å². The zero-order chi connectivity index (χ0) is 25.9. The Morgan fingerprint density at radius 1 is 0.757 bits per heavy atom. The molecule has 0 saturated carbocycles. The zero-order valence-electron chi connectivity index (χ0n) is 20.1. The molecular formula is C30H27BrN2O4. The van der Waals surface area contributed by atoms with E-state index >= 15 is 0 Å². The lowest BCUT2D eigenvalue weighted by molar-refractivity contribution is -0.127. The molecule has 6 nitrogen and oxygen atoms in total. The van der Waals surface area contributed by atoms with Gasteiger partial charge in [-0.2, -0.15) is 0 Å². The molecule has 4 aromatic rings. The van der Waals surface area contributed by atoms with Gasteiger partial charge in [0, 0.05) is 10.2 Å². The number of nitrogens with one attached hydrogen (secondary N) is 2. The number of carbonyl (C=O) groups excluding carboxylic acids is 2. The second kappa shape index (κ2) is 13.4. The minimum absolute atomic E-state index is 0.0254. The van der Waals surface area contributed by atoms with Gasteiger partial charge in [-0.15, -0.1) is 0 Å². The Kier molecular flexibility index (Phi) is 9.46. The Morgan fingerprint density at radius 2 is 1.38 bits per heavy atom. The van der Waals surface area contributed by atoms with Gasteiger partial charge < -0.3 is 20.1 Å². The summed E-state index contributed by atoms with van der Waals surface area (Å²) in [6, 6.07) is 32.8. The monoisotopic (exact) mass is 558 g/mol. The van der Waals surface area contributed by atoms with E-state index in [1.165, 1.54) is 0 Å². The lowest BCUT2D eigenvalue weighted by Gasteiger charge is -2.19. The Bertz CT molecular complexity index is 1300. The van der Waals surface area contributed by atoms with Crippen LogP contribution in [0, 0.1) is 0 Å². The van der Waals surface area contributed by atoms with E-state index in [9.17, 15) is 9.59 Å². The van der Waals surface area contributed by atoms with E-state index in [1.807, 2.05) is 84.9 Å². The van der Waals surface area contributed by atoms with Crippen LogP contribution in [0.2, 0.25) is 0 Å². The van der Waals surface area contributed by atoms with Crippen molar-refractivity contribution in [3.05, 3.63) is 125 Å². The average molecular weight is 559 g/mol. The molecule has 0 aliphatic heterocycles. The quantitative estimate of drug-likeness (QED) is 0.232. The normalized spacial score (nSPS) is 11.4. The number of halogens is 1. The molecule has 2 amide bonds. The van der Waals surface area contributed by atoms with Gasteiger partial charge >= 0.3 is 0 Å². The molecule has 0 fully saturated rings. The van der Waals surface area contributed by atoms with Crippen LogP contribution in [-0.4, -0.2) is 24.5 Å². The molecule has 188 valence electrons. The van der Waals surface area contributed by atoms with Gasteiger partial charge in [-0.25, -0.2) is 0 Å². The van der Waals surface area contributed by atoms with Crippen molar-refractivity contribution in [3.63, 3.8) is 0 Å². The molecule has 1 unspecified atom stereocenters. The molecule has 0 aliphatic carbocycles. The molecule has 1 atom stereocenters. The highest BCUT2D eigenvalue weighted by Crippen LogP contribution is 2.23. The molecule has 0 bridgehead atoms. The summed E-state index contributed by atoms with van der Waals surface area (Å²) in [7, 11) is 0. The highest BCUT2D eigenvalue weighted by Gasteiger charge is 2.22. The predicted octanol–water partition coefficient (Wildman–Crippen LogP) is 6.12. The van der Waals surface area contributed by atoms with Crippen LogP contribution in [0.1, 0.15) is 11.1 Å². The van der Waals surface area contributed by atoms with Crippen molar-refractivity contribution >= 4 is 33.4 Å². The third-order valence-electron chi connectivity index (χ3n) is 5.46. The fourth-order valence-electron chi connectivity index (χ4n) is 3.57. The Morgan fingerprint density at radius 3 is 2.08 bits per heavy atom. The van der Waals surface area contributed by atoms with Crippen LogP contribution in [0.15, 0.2) is 114 Å².